The molecular weight excluding hydrogens is 454 g/mol. The van der Waals surface area contributed by atoms with E-state index in [9.17, 15) is 24.3 Å². The van der Waals surface area contributed by atoms with Crippen molar-refractivity contribution in [2.75, 3.05) is 14.2 Å². The molecule has 12 nitrogen and oxygen atoms in total. The van der Waals surface area contributed by atoms with Crippen LogP contribution in [0.25, 0.3) is 0 Å². The van der Waals surface area contributed by atoms with Gasteiger partial charge in [0.2, 0.25) is 0 Å². The lowest BCUT2D eigenvalue weighted by Crippen LogP contribution is -2.52. The molecule has 12 heteroatoms. The molecule has 0 amide bonds. The zero-order chi connectivity index (χ0) is 26.1. The Morgan fingerprint density at radius 2 is 1.47 bits per heavy atom. The number of aliphatic carboxylic acids is 1. The van der Waals surface area contributed by atoms with Gasteiger partial charge in [-0.2, -0.15) is 0 Å². The number of benzene rings is 1. The fourth-order valence-electron chi connectivity index (χ4n) is 2.72. The van der Waals surface area contributed by atoms with Crippen molar-refractivity contribution in [2.45, 2.75) is 58.3 Å². The zero-order valence-corrected chi connectivity index (χ0v) is 20.0. The molecule has 190 valence electrons. The van der Waals surface area contributed by atoms with Crippen molar-refractivity contribution in [1.29, 1.82) is 0 Å². The summed E-state index contributed by atoms with van der Waals surface area (Å²) in [5, 5.41) is 9.77. The summed E-state index contributed by atoms with van der Waals surface area (Å²) in [7, 11) is 2.17. The van der Waals surface area contributed by atoms with E-state index in [1.807, 2.05) is 13.8 Å². The summed E-state index contributed by atoms with van der Waals surface area (Å²) in [6, 6.07) is 3.97. The zero-order valence-electron chi connectivity index (χ0n) is 20.0. The Labute approximate surface area is 197 Å². The van der Waals surface area contributed by atoms with Crippen LogP contribution in [0.4, 0.5) is 14.4 Å². The maximum absolute atomic E-state index is 12.0. The molecule has 0 aromatic heterocycles. The maximum Gasteiger partial charge on any atom is 0.513 e. The Hall–Kier alpha value is -3.54. The van der Waals surface area contributed by atoms with Gasteiger partial charge in [-0.05, 0) is 37.5 Å². The first-order chi connectivity index (χ1) is 15.8. The van der Waals surface area contributed by atoms with E-state index >= 15 is 0 Å². The first kappa shape index (κ1) is 28.5. The Morgan fingerprint density at radius 3 is 1.97 bits per heavy atom. The Bertz CT molecular complexity index is 886. The van der Waals surface area contributed by atoms with Crippen LogP contribution in [0.2, 0.25) is 0 Å². The molecule has 0 aliphatic carbocycles. The van der Waals surface area contributed by atoms with Crippen LogP contribution in [0.5, 0.6) is 11.5 Å². The molecule has 0 aliphatic rings. The van der Waals surface area contributed by atoms with Gasteiger partial charge in [-0.15, -0.1) is 0 Å². The molecule has 0 bridgehead atoms. The van der Waals surface area contributed by atoms with Crippen LogP contribution in [0.1, 0.15) is 39.7 Å². The monoisotopic (exact) mass is 485 g/mol. The lowest BCUT2D eigenvalue weighted by molar-refractivity contribution is -0.144. The Morgan fingerprint density at radius 1 is 0.912 bits per heavy atom. The van der Waals surface area contributed by atoms with Crippen LogP contribution >= 0.6 is 0 Å². The highest BCUT2D eigenvalue weighted by atomic mass is 16.7. The van der Waals surface area contributed by atoms with E-state index in [2.05, 4.69) is 9.47 Å². The van der Waals surface area contributed by atoms with Gasteiger partial charge >= 0.3 is 24.4 Å². The van der Waals surface area contributed by atoms with E-state index in [1.54, 1.807) is 6.92 Å². The SMILES string of the molecule is COC(=O)Oc1ccc(CC(N)(C[C@H](C)OC(=O)OC(C)C(C)C)C(=O)O)cc1OC(=O)OC. The number of carboxylic acid groups (broad SMARTS) is 1. The van der Waals surface area contributed by atoms with Crippen molar-refractivity contribution >= 4 is 24.4 Å². The van der Waals surface area contributed by atoms with Gasteiger partial charge in [-0.3, -0.25) is 4.79 Å². The minimum atomic E-state index is -1.86. The highest BCUT2D eigenvalue weighted by Gasteiger charge is 2.37. The van der Waals surface area contributed by atoms with Gasteiger partial charge in [0.15, 0.2) is 11.5 Å². The maximum atomic E-state index is 12.0. The molecule has 3 atom stereocenters. The van der Waals surface area contributed by atoms with Gasteiger partial charge in [-0.25, -0.2) is 14.4 Å². The minimum Gasteiger partial charge on any atom is -0.480 e. The van der Waals surface area contributed by atoms with Gasteiger partial charge in [0.05, 0.1) is 14.2 Å². The topological polar surface area (TPSA) is 170 Å². The number of hydrogen-bond acceptors (Lipinski definition) is 11. The summed E-state index contributed by atoms with van der Waals surface area (Å²) in [6.07, 6.45) is -4.86. The second-order valence-corrected chi connectivity index (χ2v) is 7.98. The van der Waals surface area contributed by atoms with Gasteiger partial charge in [-0.1, -0.05) is 19.9 Å². The van der Waals surface area contributed by atoms with Gasteiger partial charge in [0.1, 0.15) is 17.7 Å². The van der Waals surface area contributed by atoms with Crippen molar-refractivity contribution in [2.24, 2.45) is 11.7 Å². The molecule has 0 saturated carbocycles. The summed E-state index contributed by atoms with van der Waals surface area (Å²) < 4.78 is 29.0. The molecule has 0 aliphatic heterocycles. The summed E-state index contributed by atoms with van der Waals surface area (Å²) in [5.41, 5.74) is 4.61. The second kappa shape index (κ2) is 12.6. The average molecular weight is 485 g/mol. The van der Waals surface area contributed by atoms with Crippen molar-refractivity contribution in [3.05, 3.63) is 23.8 Å². The highest BCUT2D eigenvalue weighted by Crippen LogP contribution is 2.31. The van der Waals surface area contributed by atoms with Crippen LogP contribution in [0.3, 0.4) is 0 Å². The number of methoxy groups -OCH3 is 2. The van der Waals surface area contributed by atoms with E-state index in [1.165, 1.54) is 25.1 Å². The van der Waals surface area contributed by atoms with Gasteiger partial charge < -0.3 is 39.3 Å². The molecule has 0 saturated heterocycles. The first-order valence-corrected chi connectivity index (χ1v) is 10.3. The summed E-state index contributed by atoms with van der Waals surface area (Å²) in [5.74, 6) is -1.67. The molecule has 0 heterocycles. The number of carbonyl (C=O) groups is 4. The molecule has 1 aromatic rings. The highest BCUT2D eigenvalue weighted by molar-refractivity contribution is 5.79. The third kappa shape index (κ3) is 8.77. The van der Waals surface area contributed by atoms with E-state index in [-0.39, 0.29) is 36.4 Å². The third-order valence-corrected chi connectivity index (χ3v) is 4.84. The lowest BCUT2D eigenvalue weighted by atomic mass is 9.86. The summed E-state index contributed by atoms with van der Waals surface area (Å²) in [6.45, 7) is 6.94. The quantitative estimate of drug-likeness (QED) is 0.282. The summed E-state index contributed by atoms with van der Waals surface area (Å²) >= 11 is 0. The molecule has 0 fully saturated rings. The number of carbonyl (C=O) groups excluding carboxylic acids is 3. The van der Waals surface area contributed by atoms with Crippen molar-refractivity contribution in [3.63, 3.8) is 0 Å². The van der Waals surface area contributed by atoms with E-state index in [0.717, 1.165) is 14.2 Å². The van der Waals surface area contributed by atoms with Crippen LogP contribution in [0.15, 0.2) is 18.2 Å². The van der Waals surface area contributed by atoms with Crippen LogP contribution in [0, 0.1) is 5.92 Å². The largest absolute Gasteiger partial charge is 0.513 e. The average Bonchev–Trinajstić information content (AvgIpc) is 2.74. The third-order valence-electron chi connectivity index (χ3n) is 4.84. The predicted molar refractivity (Wildman–Crippen MR) is 117 cm³/mol. The van der Waals surface area contributed by atoms with Gasteiger partial charge in [0, 0.05) is 12.8 Å². The standard InChI is InChI=1S/C22H31NO11/c1-12(2)14(4)32-21(28)31-13(3)10-22(23,18(24)25)11-15-7-8-16(33-19(26)29-5)17(9-15)34-20(27)30-6/h7-9,12-14H,10-11,23H2,1-6H3,(H,24,25)/t13-,14?,22?/m0/s1. The predicted octanol–water partition coefficient (Wildman–Crippen LogP) is 3.28. The van der Waals surface area contributed by atoms with Crippen molar-refractivity contribution in [3.8, 4) is 11.5 Å². The molecule has 3 N–H and O–H groups in total. The normalized spacial score (nSPS) is 14.2. The molecule has 34 heavy (non-hydrogen) atoms. The second-order valence-electron chi connectivity index (χ2n) is 7.98. The van der Waals surface area contributed by atoms with Crippen molar-refractivity contribution in [1.82, 2.24) is 0 Å². The number of ether oxygens (including phenoxy) is 6. The fourth-order valence-corrected chi connectivity index (χ4v) is 2.72. The van der Waals surface area contributed by atoms with Gasteiger partial charge in [0.25, 0.3) is 0 Å². The Kier molecular flexibility index (Phi) is 10.6. The lowest BCUT2D eigenvalue weighted by Gasteiger charge is -2.28. The molecule has 1 aromatic carbocycles. The number of carboxylic acids is 1. The van der Waals surface area contributed by atoms with E-state index < -0.39 is 36.1 Å². The number of rotatable bonds is 10. The van der Waals surface area contributed by atoms with Crippen molar-refractivity contribution < 1.29 is 52.7 Å². The number of hydrogen-bond donors (Lipinski definition) is 2. The fraction of sp³-hybridized carbons (Fsp3) is 0.545. The van der Waals surface area contributed by atoms with E-state index in [4.69, 9.17) is 24.7 Å². The smallest absolute Gasteiger partial charge is 0.480 e. The summed E-state index contributed by atoms with van der Waals surface area (Å²) in [4.78, 5) is 47.0. The molecular formula is C22H31NO11. The first-order valence-electron chi connectivity index (χ1n) is 10.3. The number of nitrogens with two attached hydrogens (primary N) is 1. The molecule has 1 rings (SSSR count). The van der Waals surface area contributed by atoms with Crippen LogP contribution < -0.4 is 15.2 Å². The molecule has 2 unspecified atom stereocenters. The minimum absolute atomic E-state index is 0.0722. The van der Waals surface area contributed by atoms with Crippen LogP contribution in [-0.2, 0) is 30.2 Å². The molecule has 0 spiro atoms. The molecule has 0 radical (unpaired) electrons. The Balaban J connectivity index is 3.06. The van der Waals surface area contributed by atoms with E-state index in [0.29, 0.717) is 5.56 Å². The van der Waals surface area contributed by atoms with Crippen LogP contribution in [-0.4, -0.2) is 61.5 Å².